The summed E-state index contributed by atoms with van der Waals surface area (Å²) in [5.74, 6) is -0.769. The molecule has 0 aromatic carbocycles. The van der Waals surface area contributed by atoms with Crippen LogP contribution < -0.4 is 5.32 Å². The highest BCUT2D eigenvalue weighted by molar-refractivity contribution is 5.73. The summed E-state index contributed by atoms with van der Waals surface area (Å²) in [5, 5.41) is 12.6. The number of rotatable bonds is 21. The van der Waals surface area contributed by atoms with Gasteiger partial charge in [0.25, 0.3) is 0 Å². The Bertz CT molecular complexity index is 403. The Hall–Kier alpha value is -1.25. The van der Waals surface area contributed by atoms with Crippen molar-refractivity contribution in [3.63, 3.8) is 0 Å². The summed E-state index contributed by atoms with van der Waals surface area (Å²) in [6.07, 6.45) is 24.7. The van der Waals surface area contributed by atoms with Crippen molar-refractivity contribution < 1.29 is 9.90 Å². The molecule has 2 N–H and O–H groups in total. The van der Waals surface area contributed by atoms with Gasteiger partial charge < -0.3 is 10.4 Å². The second kappa shape index (κ2) is 20.5. The lowest BCUT2D eigenvalue weighted by Gasteiger charge is -2.18. The molecule has 0 rings (SSSR count). The Morgan fingerprint density at radius 1 is 0.893 bits per heavy atom. The number of aliphatic carboxylic acids is 1. The monoisotopic (exact) mass is 393 g/mol. The minimum atomic E-state index is -0.769. The van der Waals surface area contributed by atoms with Gasteiger partial charge >= 0.3 is 5.97 Å². The van der Waals surface area contributed by atoms with E-state index in [1.165, 1.54) is 77.0 Å². The van der Waals surface area contributed by atoms with Gasteiger partial charge in [0.1, 0.15) is 6.04 Å². The number of hydrogen-bond donors (Lipinski definition) is 2. The molecule has 164 valence electrons. The smallest absolute Gasteiger partial charge is 0.326 e. The largest absolute Gasteiger partial charge is 0.480 e. The van der Waals surface area contributed by atoms with Crippen LogP contribution in [0.3, 0.4) is 0 Å². The average molecular weight is 394 g/mol. The lowest BCUT2D eigenvalue weighted by atomic mass is 10.0. The first-order chi connectivity index (χ1) is 13.7. The van der Waals surface area contributed by atoms with Gasteiger partial charge in [0.15, 0.2) is 0 Å². The molecular formula is C25H47NO2. The zero-order valence-corrected chi connectivity index (χ0v) is 18.8. The van der Waals surface area contributed by atoms with Gasteiger partial charge in [-0.1, -0.05) is 103 Å². The van der Waals surface area contributed by atoms with Crippen molar-refractivity contribution in [2.75, 3.05) is 0 Å². The van der Waals surface area contributed by atoms with Crippen LogP contribution in [-0.2, 0) is 4.79 Å². The van der Waals surface area contributed by atoms with Crippen molar-refractivity contribution in [3.8, 4) is 0 Å². The van der Waals surface area contributed by atoms with Crippen molar-refractivity contribution in [1.82, 2.24) is 5.32 Å². The summed E-state index contributed by atoms with van der Waals surface area (Å²) in [5.41, 5.74) is 1.10. The highest BCUT2D eigenvalue weighted by Gasteiger charge is 2.16. The third kappa shape index (κ3) is 16.9. The van der Waals surface area contributed by atoms with E-state index < -0.39 is 12.0 Å². The average Bonchev–Trinajstić information content (AvgIpc) is 2.68. The molecule has 0 saturated carbocycles. The lowest BCUT2D eigenvalue weighted by Crippen LogP contribution is -2.36. The first-order valence-corrected chi connectivity index (χ1v) is 11.9. The van der Waals surface area contributed by atoms with Crippen LogP contribution in [0, 0.1) is 0 Å². The Morgan fingerprint density at radius 3 is 1.82 bits per heavy atom. The molecule has 1 unspecified atom stereocenters. The molecule has 0 amide bonds. The van der Waals surface area contributed by atoms with E-state index in [1.54, 1.807) is 6.08 Å². The summed E-state index contributed by atoms with van der Waals surface area (Å²) in [6, 6.07) is -0.502. The van der Waals surface area contributed by atoms with Crippen LogP contribution in [0.5, 0.6) is 0 Å². The number of hydrogen-bond acceptors (Lipinski definition) is 2. The minimum absolute atomic E-state index is 0.502. The van der Waals surface area contributed by atoms with Crippen LogP contribution in [0.15, 0.2) is 24.4 Å². The summed E-state index contributed by atoms with van der Waals surface area (Å²) >= 11 is 0. The topological polar surface area (TPSA) is 49.3 Å². The molecule has 0 spiro atoms. The molecule has 0 heterocycles. The first kappa shape index (κ1) is 26.8. The fourth-order valence-corrected chi connectivity index (χ4v) is 3.58. The van der Waals surface area contributed by atoms with Crippen molar-refractivity contribution in [2.24, 2.45) is 0 Å². The molecule has 0 fully saturated rings. The normalized spacial score (nSPS) is 12.7. The maximum atomic E-state index is 11.4. The Morgan fingerprint density at radius 2 is 1.39 bits per heavy atom. The van der Waals surface area contributed by atoms with Gasteiger partial charge in [0.05, 0.1) is 0 Å². The fourth-order valence-electron chi connectivity index (χ4n) is 3.58. The van der Waals surface area contributed by atoms with Gasteiger partial charge in [0.2, 0.25) is 0 Å². The predicted octanol–water partition coefficient (Wildman–Crippen LogP) is 7.77. The molecule has 0 aliphatic heterocycles. The van der Waals surface area contributed by atoms with Gasteiger partial charge in [-0.05, 0) is 32.1 Å². The van der Waals surface area contributed by atoms with Crippen LogP contribution in [0.2, 0.25) is 0 Å². The maximum Gasteiger partial charge on any atom is 0.326 e. The molecule has 0 bridgehead atoms. The zero-order valence-electron chi connectivity index (χ0n) is 18.8. The highest BCUT2D eigenvalue weighted by Crippen LogP contribution is 2.15. The molecular weight excluding hydrogens is 346 g/mol. The third-order valence-corrected chi connectivity index (χ3v) is 5.32. The van der Waals surface area contributed by atoms with Gasteiger partial charge in [-0.15, -0.1) is 6.58 Å². The molecule has 0 aromatic heterocycles. The number of nitrogens with one attached hydrogen (secondary N) is 1. The van der Waals surface area contributed by atoms with Gasteiger partial charge in [0, 0.05) is 5.70 Å². The summed E-state index contributed by atoms with van der Waals surface area (Å²) < 4.78 is 0. The standard InChI is InChI=1S/C25H47NO2/c1-4-7-9-10-11-12-13-14-15-16-17-18-19-21-23(20-6-3)26-24(25(27)28)22-8-5-2/h5,20,24,26H,2,4,6-19,21-22H2,1,3H3,(H,27,28)/b23-20-. The van der Waals surface area contributed by atoms with Crippen LogP contribution in [0.4, 0.5) is 0 Å². The number of carboxylic acid groups (broad SMARTS) is 1. The van der Waals surface area contributed by atoms with Crippen molar-refractivity contribution in [2.45, 2.75) is 129 Å². The highest BCUT2D eigenvalue weighted by atomic mass is 16.4. The molecule has 3 nitrogen and oxygen atoms in total. The second-order valence-corrected chi connectivity index (χ2v) is 8.03. The van der Waals surface area contributed by atoms with E-state index in [-0.39, 0.29) is 0 Å². The van der Waals surface area contributed by atoms with Gasteiger partial charge in [-0.3, -0.25) is 0 Å². The second-order valence-electron chi connectivity index (χ2n) is 8.03. The van der Waals surface area contributed by atoms with E-state index in [4.69, 9.17) is 0 Å². The Balaban J connectivity index is 3.75. The van der Waals surface area contributed by atoms with Crippen LogP contribution in [0.25, 0.3) is 0 Å². The van der Waals surface area contributed by atoms with Crippen LogP contribution in [-0.4, -0.2) is 17.1 Å². The molecule has 1 atom stereocenters. The number of allylic oxidation sites excluding steroid dienone is 3. The van der Waals surface area contributed by atoms with Crippen molar-refractivity contribution in [3.05, 3.63) is 24.4 Å². The quantitative estimate of drug-likeness (QED) is 0.155. The molecule has 0 aliphatic carbocycles. The molecule has 0 radical (unpaired) electrons. The predicted molar refractivity (Wildman–Crippen MR) is 123 cm³/mol. The number of carbonyl (C=O) groups is 1. The summed E-state index contributed by atoms with van der Waals surface area (Å²) in [6.45, 7) is 8.06. The van der Waals surface area contributed by atoms with E-state index >= 15 is 0 Å². The van der Waals surface area contributed by atoms with Crippen molar-refractivity contribution in [1.29, 1.82) is 0 Å². The van der Waals surface area contributed by atoms with E-state index in [0.29, 0.717) is 6.42 Å². The van der Waals surface area contributed by atoms with E-state index in [2.05, 4.69) is 31.8 Å². The lowest BCUT2D eigenvalue weighted by molar-refractivity contribution is -0.139. The number of carboxylic acids is 1. The molecule has 28 heavy (non-hydrogen) atoms. The minimum Gasteiger partial charge on any atom is -0.480 e. The Kier molecular flexibility index (Phi) is 19.6. The van der Waals surface area contributed by atoms with Gasteiger partial charge in [-0.25, -0.2) is 4.79 Å². The van der Waals surface area contributed by atoms with Crippen molar-refractivity contribution >= 4 is 5.97 Å². The van der Waals surface area contributed by atoms with Gasteiger partial charge in [-0.2, -0.15) is 0 Å². The third-order valence-electron chi connectivity index (χ3n) is 5.32. The maximum absolute atomic E-state index is 11.4. The van der Waals surface area contributed by atoms with E-state index in [1.807, 2.05) is 0 Å². The molecule has 3 heteroatoms. The van der Waals surface area contributed by atoms with Crippen LogP contribution >= 0.6 is 0 Å². The first-order valence-electron chi connectivity index (χ1n) is 11.9. The summed E-state index contributed by atoms with van der Waals surface area (Å²) in [7, 11) is 0. The van der Waals surface area contributed by atoms with E-state index in [9.17, 15) is 9.90 Å². The molecule has 0 saturated heterocycles. The SMILES string of the molecule is C=CCCC(N/C(=C\CC)CCCCCCCCCCCCCCC)C(=O)O. The Labute approximate surface area is 175 Å². The van der Waals surface area contributed by atoms with Crippen LogP contribution in [0.1, 0.15) is 123 Å². The zero-order chi connectivity index (χ0) is 20.9. The fraction of sp³-hybridized carbons (Fsp3) is 0.800. The molecule has 0 aromatic rings. The molecule has 0 aliphatic rings. The number of unbranched alkanes of at least 4 members (excludes halogenated alkanes) is 12. The summed E-state index contributed by atoms with van der Waals surface area (Å²) in [4.78, 5) is 11.4. The van der Waals surface area contributed by atoms with E-state index in [0.717, 1.165) is 31.4 Å².